The summed E-state index contributed by atoms with van der Waals surface area (Å²) in [4.78, 5) is 39.1. The molecule has 1 fully saturated rings. The Morgan fingerprint density at radius 3 is 2.71 bits per heavy atom. The normalized spacial score (nSPS) is 15.5. The van der Waals surface area contributed by atoms with Gasteiger partial charge in [0.15, 0.2) is 5.13 Å². The lowest BCUT2D eigenvalue weighted by atomic mass is 10.1. The molecule has 1 saturated heterocycles. The molecule has 1 atom stereocenters. The van der Waals surface area contributed by atoms with Crippen LogP contribution in [0.1, 0.15) is 37.8 Å². The van der Waals surface area contributed by atoms with Crippen LogP contribution in [0.2, 0.25) is 0 Å². The first-order valence-electron chi connectivity index (χ1n) is 10.7. The molecule has 1 unspecified atom stereocenters. The third kappa shape index (κ3) is 5.38. The highest BCUT2D eigenvalue weighted by molar-refractivity contribution is 7.21. The SMILES string of the molecule is CC(NC(=O)CCC(=O)N1CCCN(c2nc3cccnc3s2)CC1)c1ccccc1. The monoisotopic (exact) mass is 437 g/mol. The number of benzene rings is 1. The van der Waals surface area contributed by atoms with Crippen LogP contribution in [-0.2, 0) is 9.59 Å². The number of nitrogens with zero attached hydrogens (tertiary/aromatic N) is 4. The number of pyridine rings is 1. The maximum Gasteiger partial charge on any atom is 0.223 e. The number of hydrogen-bond donors (Lipinski definition) is 1. The summed E-state index contributed by atoms with van der Waals surface area (Å²) in [6.07, 6.45) is 3.11. The van der Waals surface area contributed by atoms with Crippen LogP contribution in [0.15, 0.2) is 48.7 Å². The van der Waals surface area contributed by atoms with Crippen molar-refractivity contribution in [2.24, 2.45) is 0 Å². The van der Waals surface area contributed by atoms with Crippen molar-refractivity contribution in [3.8, 4) is 0 Å². The highest BCUT2D eigenvalue weighted by Gasteiger charge is 2.22. The first-order chi connectivity index (χ1) is 15.1. The summed E-state index contributed by atoms with van der Waals surface area (Å²) in [6, 6.07) is 13.6. The van der Waals surface area contributed by atoms with Crippen LogP contribution in [0, 0.1) is 0 Å². The van der Waals surface area contributed by atoms with Gasteiger partial charge in [-0.3, -0.25) is 9.59 Å². The average molecular weight is 438 g/mol. The summed E-state index contributed by atoms with van der Waals surface area (Å²) >= 11 is 1.59. The third-order valence-electron chi connectivity index (χ3n) is 5.52. The Kier molecular flexibility index (Phi) is 6.76. The van der Waals surface area contributed by atoms with Crippen molar-refractivity contribution in [2.75, 3.05) is 31.1 Å². The summed E-state index contributed by atoms with van der Waals surface area (Å²) in [6.45, 7) is 4.90. The van der Waals surface area contributed by atoms with E-state index in [1.165, 1.54) is 0 Å². The van der Waals surface area contributed by atoms with Crippen molar-refractivity contribution in [2.45, 2.75) is 32.2 Å². The summed E-state index contributed by atoms with van der Waals surface area (Å²) in [7, 11) is 0. The molecule has 3 heterocycles. The topological polar surface area (TPSA) is 78.4 Å². The van der Waals surface area contributed by atoms with E-state index in [9.17, 15) is 9.59 Å². The Morgan fingerprint density at radius 1 is 1.06 bits per heavy atom. The summed E-state index contributed by atoms with van der Waals surface area (Å²) in [5, 5.41) is 3.93. The van der Waals surface area contributed by atoms with Gasteiger partial charge in [-0.25, -0.2) is 9.97 Å². The van der Waals surface area contributed by atoms with E-state index in [0.29, 0.717) is 13.1 Å². The van der Waals surface area contributed by atoms with Crippen LogP contribution in [0.5, 0.6) is 0 Å². The number of aromatic nitrogens is 2. The molecule has 7 nitrogen and oxygen atoms in total. The van der Waals surface area contributed by atoms with Gasteiger partial charge in [0.05, 0.1) is 6.04 Å². The van der Waals surface area contributed by atoms with E-state index in [-0.39, 0.29) is 30.7 Å². The lowest BCUT2D eigenvalue weighted by Gasteiger charge is -2.22. The predicted octanol–water partition coefficient (Wildman–Crippen LogP) is 3.39. The van der Waals surface area contributed by atoms with Gasteiger partial charge >= 0.3 is 0 Å². The van der Waals surface area contributed by atoms with Gasteiger partial charge < -0.3 is 15.1 Å². The van der Waals surface area contributed by atoms with Gasteiger partial charge in [-0.2, -0.15) is 0 Å². The fourth-order valence-electron chi connectivity index (χ4n) is 3.77. The van der Waals surface area contributed by atoms with Crippen LogP contribution in [-0.4, -0.2) is 52.9 Å². The summed E-state index contributed by atoms with van der Waals surface area (Å²) in [5.41, 5.74) is 1.97. The number of nitrogens with one attached hydrogen (secondary N) is 1. The molecule has 0 radical (unpaired) electrons. The van der Waals surface area contributed by atoms with Crippen molar-refractivity contribution in [3.63, 3.8) is 0 Å². The van der Waals surface area contributed by atoms with E-state index < -0.39 is 0 Å². The second-order valence-corrected chi connectivity index (χ2v) is 8.70. The molecule has 1 N–H and O–H groups in total. The Hall–Kier alpha value is -3.00. The predicted molar refractivity (Wildman–Crippen MR) is 123 cm³/mol. The zero-order valence-electron chi connectivity index (χ0n) is 17.7. The van der Waals surface area contributed by atoms with Gasteiger partial charge in [0.1, 0.15) is 10.3 Å². The van der Waals surface area contributed by atoms with Gasteiger partial charge in [0.2, 0.25) is 11.8 Å². The maximum absolute atomic E-state index is 12.7. The Labute approximate surface area is 186 Å². The van der Waals surface area contributed by atoms with E-state index in [4.69, 9.17) is 0 Å². The van der Waals surface area contributed by atoms with Crippen molar-refractivity contribution in [1.82, 2.24) is 20.2 Å². The number of anilines is 1. The molecule has 2 amide bonds. The lowest BCUT2D eigenvalue weighted by Crippen LogP contribution is -2.36. The number of rotatable bonds is 6. The second-order valence-electron chi connectivity index (χ2n) is 7.75. The fraction of sp³-hybridized carbons (Fsp3) is 0.391. The average Bonchev–Trinajstić information content (AvgIpc) is 3.07. The summed E-state index contributed by atoms with van der Waals surface area (Å²) in [5.74, 6) is -0.0570. The molecular weight excluding hydrogens is 410 g/mol. The molecule has 0 bridgehead atoms. The van der Waals surface area contributed by atoms with Crippen LogP contribution in [0.4, 0.5) is 5.13 Å². The van der Waals surface area contributed by atoms with Crippen molar-refractivity contribution in [1.29, 1.82) is 0 Å². The Bertz CT molecular complexity index is 1010. The van der Waals surface area contributed by atoms with E-state index in [2.05, 4.69) is 20.2 Å². The van der Waals surface area contributed by atoms with E-state index in [1.807, 2.05) is 54.3 Å². The van der Waals surface area contributed by atoms with E-state index in [1.54, 1.807) is 17.5 Å². The molecule has 0 aliphatic carbocycles. The van der Waals surface area contributed by atoms with E-state index >= 15 is 0 Å². The number of carbonyl (C=O) groups is 2. The second kappa shape index (κ2) is 9.87. The first kappa shape index (κ1) is 21.2. The number of carbonyl (C=O) groups excluding carboxylic acids is 2. The number of amides is 2. The molecule has 1 aliphatic rings. The molecule has 0 saturated carbocycles. The highest BCUT2D eigenvalue weighted by Crippen LogP contribution is 2.27. The highest BCUT2D eigenvalue weighted by atomic mass is 32.1. The van der Waals surface area contributed by atoms with Gasteiger partial charge in [0.25, 0.3) is 0 Å². The minimum Gasteiger partial charge on any atom is -0.350 e. The molecular formula is C23H27N5O2S. The van der Waals surface area contributed by atoms with Gasteiger partial charge in [-0.1, -0.05) is 41.7 Å². The Morgan fingerprint density at radius 2 is 1.90 bits per heavy atom. The molecule has 8 heteroatoms. The minimum atomic E-state index is -0.0943. The molecule has 31 heavy (non-hydrogen) atoms. The Balaban J connectivity index is 1.26. The van der Waals surface area contributed by atoms with Gasteiger partial charge in [-0.05, 0) is 31.0 Å². The molecule has 2 aromatic heterocycles. The summed E-state index contributed by atoms with van der Waals surface area (Å²) < 4.78 is 0. The van der Waals surface area contributed by atoms with Crippen molar-refractivity contribution in [3.05, 3.63) is 54.2 Å². The van der Waals surface area contributed by atoms with E-state index in [0.717, 1.165) is 40.6 Å². The third-order valence-corrected chi connectivity index (χ3v) is 6.56. The molecule has 162 valence electrons. The van der Waals surface area contributed by atoms with Crippen molar-refractivity contribution < 1.29 is 9.59 Å². The maximum atomic E-state index is 12.7. The van der Waals surface area contributed by atoms with Gasteiger partial charge in [0, 0.05) is 45.2 Å². The molecule has 1 aromatic carbocycles. The molecule has 4 rings (SSSR count). The van der Waals surface area contributed by atoms with Crippen LogP contribution >= 0.6 is 11.3 Å². The van der Waals surface area contributed by atoms with Crippen molar-refractivity contribution >= 4 is 38.6 Å². The molecule has 0 spiro atoms. The standard InChI is InChI=1S/C23H27N5O2S/c1-17(18-7-3-2-4-8-18)25-20(29)10-11-21(30)27-13-6-14-28(16-15-27)23-26-19-9-5-12-24-22(19)31-23/h2-5,7-9,12,17H,6,10-11,13-16H2,1H3,(H,25,29). The number of fused-ring (bicyclic) bond motifs is 1. The quantitative estimate of drug-likeness (QED) is 0.640. The number of hydrogen-bond acceptors (Lipinski definition) is 6. The largest absolute Gasteiger partial charge is 0.350 e. The zero-order chi connectivity index (χ0) is 21.6. The van der Waals surface area contributed by atoms with Crippen LogP contribution in [0.3, 0.4) is 0 Å². The molecule has 1 aliphatic heterocycles. The smallest absolute Gasteiger partial charge is 0.223 e. The zero-order valence-corrected chi connectivity index (χ0v) is 18.5. The van der Waals surface area contributed by atoms with Crippen LogP contribution < -0.4 is 10.2 Å². The first-order valence-corrected chi connectivity index (χ1v) is 11.5. The fourth-order valence-corrected chi connectivity index (χ4v) is 4.73. The minimum absolute atomic E-state index is 0.0373. The number of thiazole rings is 1. The molecule has 3 aromatic rings. The van der Waals surface area contributed by atoms with Crippen LogP contribution in [0.25, 0.3) is 10.3 Å². The van der Waals surface area contributed by atoms with Gasteiger partial charge in [-0.15, -0.1) is 0 Å². The lowest BCUT2D eigenvalue weighted by molar-refractivity contribution is -0.133.